The van der Waals surface area contributed by atoms with Crippen LogP contribution >= 0.6 is 11.3 Å². The molecule has 2 aromatic rings. The average Bonchev–Trinajstić information content (AvgIpc) is 2.95. The van der Waals surface area contributed by atoms with E-state index >= 15 is 0 Å². The predicted molar refractivity (Wildman–Crippen MR) is 85.4 cm³/mol. The van der Waals surface area contributed by atoms with Crippen molar-refractivity contribution in [2.45, 2.75) is 26.3 Å². The van der Waals surface area contributed by atoms with Gasteiger partial charge in [-0.25, -0.2) is 4.98 Å². The van der Waals surface area contributed by atoms with Crippen LogP contribution < -0.4 is 14.8 Å². The first-order valence-electron chi connectivity index (χ1n) is 7.30. The van der Waals surface area contributed by atoms with E-state index in [1.807, 2.05) is 18.2 Å². The lowest BCUT2D eigenvalue weighted by atomic mass is 10.1. The summed E-state index contributed by atoms with van der Waals surface area (Å²) in [6.07, 6.45) is 0.966. The highest BCUT2D eigenvalue weighted by molar-refractivity contribution is 7.09. The Bertz CT molecular complexity index is 610. The fraction of sp³-hybridized carbons (Fsp3) is 0.438. The van der Waals surface area contributed by atoms with Crippen LogP contribution in [0.3, 0.4) is 0 Å². The highest BCUT2D eigenvalue weighted by Gasteiger charge is 2.13. The third-order valence-corrected chi connectivity index (χ3v) is 4.19. The Morgan fingerprint density at radius 1 is 1.24 bits per heavy atom. The van der Waals surface area contributed by atoms with E-state index in [2.05, 4.69) is 24.5 Å². The number of nitrogens with one attached hydrogen (secondary N) is 1. The maximum atomic E-state index is 5.62. The van der Waals surface area contributed by atoms with E-state index in [0.29, 0.717) is 19.3 Å². The molecule has 1 N–H and O–H groups in total. The highest BCUT2D eigenvalue weighted by Crippen LogP contribution is 2.34. The second kappa shape index (κ2) is 6.45. The molecule has 0 aliphatic carbocycles. The van der Waals surface area contributed by atoms with E-state index in [9.17, 15) is 0 Å². The summed E-state index contributed by atoms with van der Waals surface area (Å²) in [5.41, 5.74) is 2.09. The summed E-state index contributed by atoms with van der Waals surface area (Å²) in [4.78, 5) is 4.71. The summed E-state index contributed by atoms with van der Waals surface area (Å²) in [6.45, 7) is 6.51. The number of thiazole rings is 1. The average molecular weight is 304 g/mol. The van der Waals surface area contributed by atoms with Gasteiger partial charge in [0.05, 0.1) is 10.7 Å². The van der Waals surface area contributed by atoms with E-state index < -0.39 is 0 Å². The van der Waals surface area contributed by atoms with Gasteiger partial charge in [0.25, 0.3) is 0 Å². The molecule has 0 amide bonds. The molecule has 0 atom stereocenters. The van der Waals surface area contributed by atoms with Gasteiger partial charge >= 0.3 is 0 Å². The van der Waals surface area contributed by atoms with Crippen LogP contribution in [0.25, 0.3) is 11.3 Å². The monoisotopic (exact) mass is 304 g/mol. The zero-order chi connectivity index (χ0) is 14.7. The van der Waals surface area contributed by atoms with Gasteiger partial charge in [0.1, 0.15) is 13.2 Å². The largest absolute Gasteiger partial charge is 0.486 e. The molecule has 0 spiro atoms. The number of benzene rings is 1. The lowest BCUT2D eigenvalue weighted by Crippen LogP contribution is -2.24. The minimum absolute atomic E-state index is 0.516. The van der Waals surface area contributed by atoms with Crippen LogP contribution in [0.15, 0.2) is 23.6 Å². The smallest absolute Gasteiger partial charge is 0.162 e. The topological polar surface area (TPSA) is 43.4 Å². The molecule has 1 aromatic heterocycles. The van der Waals surface area contributed by atoms with Gasteiger partial charge in [-0.3, -0.25) is 0 Å². The molecule has 4 nitrogen and oxygen atoms in total. The highest BCUT2D eigenvalue weighted by atomic mass is 32.1. The molecule has 2 heterocycles. The molecule has 0 bridgehead atoms. The van der Waals surface area contributed by atoms with Crippen LogP contribution in [0.5, 0.6) is 11.5 Å². The molecule has 21 heavy (non-hydrogen) atoms. The van der Waals surface area contributed by atoms with Crippen LogP contribution in [-0.4, -0.2) is 30.8 Å². The van der Waals surface area contributed by atoms with Gasteiger partial charge < -0.3 is 14.8 Å². The maximum Gasteiger partial charge on any atom is 0.162 e. The quantitative estimate of drug-likeness (QED) is 0.921. The second-order valence-electron chi connectivity index (χ2n) is 5.34. The Morgan fingerprint density at radius 2 is 2.05 bits per heavy atom. The summed E-state index contributed by atoms with van der Waals surface area (Å²) in [5.74, 6) is 1.64. The molecule has 1 aliphatic rings. The van der Waals surface area contributed by atoms with Gasteiger partial charge in [-0.1, -0.05) is 13.8 Å². The molecule has 0 radical (unpaired) electrons. The zero-order valence-electron chi connectivity index (χ0n) is 12.4. The molecular weight excluding hydrogens is 284 g/mol. The van der Waals surface area contributed by atoms with Gasteiger partial charge in [0, 0.05) is 30.0 Å². The minimum atomic E-state index is 0.516. The maximum absolute atomic E-state index is 5.62. The third-order valence-electron chi connectivity index (χ3n) is 3.28. The fourth-order valence-electron chi connectivity index (χ4n) is 2.23. The number of aromatic nitrogens is 1. The van der Waals surface area contributed by atoms with Crippen molar-refractivity contribution in [2.75, 3.05) is 19.8 Å². The normalized spacial score (nSPS) is 13.7. The molecular formula is C16H20N2O2S. The molecule has 0 unspecified atom stereocenters. The molecule has 112 valence electrons. The summed E-state index contributed by atoms with van der Waals surface area (Å²) < 4.78 is 11.2. The van der Waals surface area contributed by atoms with Gasteiger partial charge in [-0.2, -0.15) is 0 Å². The first kappa shape index (κ1) is 14.4. The lowest BCUT2D eigenvalue weighted by molar-refractivity contribution is 0.171. The Labute approximate surface area is 129 Å². The van der Waals surface area contributed by atoms with Crippen molar-refractivity contribution in [3.05, 3.63) is 28.6 Å². The lowest BCUT2D eigenvalue weighted by Gasteiger charge is -2.18. The van der Waals surface area contributed by atoms with Crippen molar-refractivity contribution >= 4 is 11.3 Å². The Balaban J connectivity index is 1.71. The molecule has 1 aliphatic heterocycles. The van der Waals surface area contributed by atoms with E-state index in [-0.39, 0.29) is 0 Å². The summed E-state index contributed by atoms with van der Waals surface area (Å²) >= 11 is 1.71. The number of ether oxygens (including phenoxy) is 2. The molecule has 0 fully saturated rings. The number of hydrogen-bond donors (Lipinski definition) is 1. The SMILES string of the molecule is CC(C)NCCc1nc(-c2ccc3c(c2)OCCO3)cs1. The van der Waals surface area contributed by atoms with E-state index in [0.717, 1.165) is 40.7 Å². The van der Waals surface area contributed by atoms with Crippen LogP contribution in [0, 0.1) is 0 Å². The fourth-order valence-corrected chi connectivity index (χ4v) is 3.04. The van der Waals surface area contributed by atoms with E-state index in [1.165, 1.54) is 0 Å². The van der Waals surface area contributed by atoms with Gasteiger partial charge in [0.15, 0.2) is 11.5 Å². The van der Waals surface area contributed by atoms with Crippen LogP contribution in [0.2, 0.25) is 0 Å². The Morgan fingerprint density at radius 3 is 2.86 bits per heavy atom. The van der Waals surface area contributed by atoms with Crippen molar-refractivity contribution in [1.82, 2.24) is 10.3 Å². The third kappa shape index (κ3) is 3.54. The Hall–Kier alpha value is -1.59. The predicted octanol–water partition coefficient (Wildman–Crippen LogP) is 3.12. The molecule has 0 saturated heterocycles. The van der Waals surface area contributed by atoms with Gasteiger partial charge in [-0.15, -0.1) is 11.3 Å². The van der Waals surface area contributed by atoms with Crippen LogP contribution in [0.4, 0.5) is 0 Å². The van der Waals surface area contributed by atoms with E-state index in [1.54, 1.807) is 11.3 Å². The molecule has 3 rings (SSSR count). The van der Waals surface area contributed by atoms with Crippen molar-refractivity contribution in [1.29, 1.82) is 0 Å². The number of hydrogen-bond acceptors (Lipinski definition) is 5. The van der Waals surface area contributed by atoms with Crippen molar-refractivity contribution in [3.8, 4) is 22.8 Å². The number of rotatable bonds is 5. The molecule has 1 aromatic carbocycles. The van der Waals surface area contributed by atoms with Gasteiger partial charge in [-0.05, 0) is 18.2 Å². The first-order chi connectivity index (χ1) is 10.2. The van der Waals surface area contributed by atoms with E-state index in [4.69, 9.17) is 14.5 Å². The van der Waals surface area contributed by atoms with Gasteiger partial charge in [0.2, 0.25) is 0 Å². The second-order valence-corrected chi connectivity index (χ2v) is 6.29. The van der Waals surface area contributed by atoms with Crippen molar-refractivity contribution < 1.29 is 9.47 Å². The standard InChI is InChI=1S/C16H20N2O2S/c1-11(2)17-6-5-16-18-13(10-21-16)12-3-4-14-15(9-12)20-8-7-19-14/h3-4,9-11,17H,5-8H2,1-2H3. The van der Waals surface area contributed by atoms with Crippen molar-refractivity contribution in [2.24, 2.45) is 0 Å². The molecule has 5 heteroatoms. The zero-order valence-corrected chi connectivity index (χ0v) is 13.2. The van der Waals surface area contributed by atoms with Crippen LogP contribution in [0.1, 0.15) is 18.9 Å². The number of nitrogens with zero attached hydrogens (tertiary/aromatic N) is 1. The summed E-state index contributed by atoms with van der Waals surface area (Å²) in [7, 11) is 0. The minimum Gasteiger partial charge on any atom is -0.486 e. The first-order valence-corrected chi connectivity index (χ1v) is 8.18. The summed E-state index contributed by atoms with van der Waals surface area (Å²) in [5, 5.41) is 6.68. The van der Waals surface area contributed by atoms with Crippen molar-refractivity contribution in [3.63, 3.8) is 0 Å². The molecule has 0 saturated carbocycles. The number of fused-ring (bicyclic) bond motifs is 1. The Kier molecular flexibility index (Phi) is 4.41. The summed E-state index contributed by atoms with van der Waals surface area (Å²) in [6, 6.07) is 6.53. The van der Waals surface area contributed by atoms with Crippen LogP contribution in [-0.2, 0) is 6.42 Å².